The van der Waals surface area contributed by atoms with E-state index in [-0.39, 0.29) is 5.41 Å². The Kier molecular flexibility index (Phi) is 10.8. The normalized spacial score (nSPS) is 12.4. The lowest BCUT2D eigenvalue weighted by molar-refractivity contribution is 0.431. The van der Waals surface area contributed by atoms with E-state index < -0.39 is 0 Å². The number of aromatic nitrogens is 1. The molecule has 0 radical (unpaired) electrons. The lowest BCUT2D eigenvalue weighted by Gasteiger charge is -2.36. The van der Waals surface area contributed by atoms with Gasteiger partial charge >= 0.3 is 0 Å². The van der Waals surface area contributed by atoms with Crippen LogP contribution in [0.15, 0.2) is 212 Å². The van der Waals surface area contributed by atoms with Crippen molar-refractivity contribution >= 4 is 55.9 Å². The van der Waals surface area contributed by atoms with Crippen LogP contribution in [0.4, 0.5) is 34.1 Å². The highest BCUT2D eigenvalue weighted by atomic mass is 15.2. The Morgan fingerprint density at radius 2 is 0.864 bits per heavy atom. The number of unbranched alkanes of at least 4 members (excludes halogenated alkanes) is 2. The summed E-state index contributed by atoms with van der Waals surface area (Å²) in [5.41, 5.74) is 13.0. The molecule has 0 bridgehead atoms. The first-order valence-corrected chi connectivity index (χ1v) is 21.2. The number of para-hydroxylation sites is 5. The maximum absolute atomic E-state index is 2.44. The van der Waals surface area contributed by atoms with Gasteiger partial charge in [-0.2, -0.15) is 0 Å². The average molecular weight is 766 g/mol. The molecule has 1 heterocycles. The second-order valence-corrected chi connectivity index (χ2v) is 15.5. The molecule has 1 aromatic heterocycles. The van der Waals surface area contributed by atoms with Gasteiger partial charge in [0.25, 0.3) is 0 Å². The largest absolute Gasteiger partial charge is 0.311 e. The van der Waals surface area contributed by atoms with Crippen LogP contribution in [0.1, 0.15) is 57.1 Å². The van der Waals surface area contributed by atoms with Crippen molar-refractivity contribution in [2.24, 2.45) is 0 Å². The number of hydrogen-bond acceptors (Lipinski definition) is 2. The molecular weight excluding hydrogens is 715 g/mol. The molecule has 290 valence electrons. The van der Waals surface area contributed by atoms with Gasteiger partial charge in [-0.15, -0.1) is 0 Å². The van der Waals surface area contributed by atoms with Gasteiger partial charge in [0.2, 0.25) is 0 Å². The minimum atomic E-state index is -0.128. The van der Waals surface area contributed by atoms with Crippen molar-refractivity contribution in [1.82, 2.24) is 4.57 Å². The summed E-state index contributed by atoms with van der Waals surface area (Å²) in [6.45, 7) is 4.67. The fraction of sp³-hybridized carbons (Fsp3) is 0.143. The SMILES string of the molecule is CCCCCC(CC)(c1ccc(N(c2ccccc2)c2ccccc2)cc1)c1ccc(N(c2ccccc2)c2cccc3c2c2ccccc2n3-c2ccccc2)cc1. The second-order valence-electron chi connectivity index (χ2n) is 15.5. The van der Waals surface area contributed by atoms with Crippen molar-refractivity contribution in [3.8, 4) is 5.69 Å². The van der Waals surface area contributed by atoms with E-state index in [2.05, 4.69) is 241 Å². The van der Waals surface area contributed by atoms with E-state index in [0.29, 0.717) is 0 Å². The van der Waals surface area contributed by atoms with Crippen LogP contribution in [0.5, 0.6) is 0 Å². The smallest absolute Gasteiger partial charge is 0.0562 e. The third kappa shape index (κ3) is 7.19. The molecule has 59 heavy (non-hydrogen) atoms. The van der Waals surface area contributed by atoms with E-state index in [9.17, 15) is 0 Å². The van der Waals surface area contributed by atoms with Gasteiger partial charge in [0, 0.05) is 50.3 Å². The first kappa shape index (κ1) is 37.7. The van der Waals surface area contributed by atoms with E-state index in [1.165, 1.54) is 52.2 Å². The predicted molar refractivity (Wildman–Crippen MR) is 252 cm³/mol. The molecule has 0 N–H and O–H groups in total. The van der Waals surface area contributed by atoms with Gasteiger partial charge in [0.05, 0.1) is 16.7 Å². The third-order valence-electron chi connectivity index (χ3n) is 12.1. The van der Waals surface area contributed by atoms with Gasteiger partial charge < -0.3 is 14.4 Å². The van der Waals surface area contributed by atoms with Gasteiger partial charge in [0.1, 0.15) is 0 Å². The zero-order valence-electron chi connectivity index (χ0n) is 34.1. The van der Waals surface area contributed by atoms with Crippen LogP contribution in [0, 0.1) is 0 Å². The Bertz CT molecular complexity index is 2700. The van der Waals surface area contributed by atoms with Crippen molar-refractivity contribution in [2.45, 2.75) is 51.4 Å². The molecule has 0 spiro atoms. The molecular formula is C56H51N3. The maximum atomic E-state index is 2.44. The molecule has 0 fully saturated rings. The lowest BCUT2D eigenvalue weighted by Crippen LogP contribution is -2.27. The van der Waals surface area contributed by atoms with Gasteiger partial charge in [0.15, 0.2) is 0 Å². The summed E-state index contributed by atoms with van der Waals surface area (Å²) in [4.78, 5) is 4.79. The molecule has 3 heteroatoms. The summed E-state index contributed by atoms with van der Waals surface area (Å²) in [6, 6.07) is 77.4. The zero-order valence-corrected chi connectivity index (χ0v) is 34.1. The van der Waals surface area contributed by atoms with Crippen LogP contribution >= 0.6 is 0 Å². The molecule has 0 amide bonds. The molecule has 0 saturated heterocycles. The van der Waals surface area contributed by atoms with Crippen LogP contribution in [0.3, 0.4) is 0 Å². The Hall–Kier alpha value is -6.84. The molecule has 0 aliphatic rings. The average Bonchev–Trinajstić information content (AvgIpc) is 3.65. The van der Waals surface area contributed by atoms with Gasteiger partial charge in [-0.25, -0.2) is 0 Å². The Morgan fingerprint density at radius 3 is 1.41 bits per heavy atom. The monoisotopic (exact) mass is 765 g/mol. The standard InChI is InChI=1S/C56H51N3/c1-3-5-20-42-56(4-2,43-34-38-49(39-35-43)57(45-22-10-6-11-23-45)46-24-12-7-13-25-46)44-36-40-50(41-37-44)58(47-26-14-8-15-27-47)53-32-21-33-54-55(53)51-30-18-19-31-52(51)59(54)48-28-16-9-17-29-48/h6-19,21-41H,3-5,20,42H2,1-2H3. The first-order valence-electron chi connectivity index (χ1n) is 21.2. The fourth-order valence-electron chi connectivity index (χ4n) is 9.22. The minimum absolute atomic E-state index is 0.128. The van der Waals surface area contributed by atoms with Gasteiger partial charge in [-0.05, 0) is 115 Å². The highest BCUT2D eigenvalue weighted by molar-refractivity contribution is 6.16. The number of rotatable bonds is 14. The van der Waals surface area contributed by atoms with Crippen LogP contribution in [0.25, 0.3) is 27.5 Å². The molecule has 1 unspecified atom stereocenters. The summed E-state index contributed by atoms with van der Waals surface area (Å²) in [7, 11) is 0. The van der Waals surface area contributed by atoms with Crippen molar-refractivity contribution in [3.05, 3.63) is 223 Å². The quantitative estimate of drug-likeness (QED) is 0.102. The summed E-state index contributed by atoms with van der Waals surface area (Å²) < 4.78 is 2.40. The molecule has 0 saturated carbocycles. The Morgan fingerprint density at radius 1 is 0.407 bits per heavy atom. The number of fused-ring (bicyclic) bond motifs is 3. The molecule has 0 aliphatic heterocycles. The van der Waals surface area contributed by atoms with E-state index in [1.807, 2.05) is 0 Å². The molecule has 8 aromatic carbocycles. The number of hydrogen-bond donors (Lipinski definition) is 0. The third-order valence-corrected chi connectivity index (χ3v) is 12.1. The predicted octanol–water partition coefficient (Wildman–Crippen LogP) is 16.0. The fourth-order valence-corrected chi connectivity index (χ4v) is 9.22. The zero-order chi connectivity index (χ0) is 40.0. The van der Waals surface area contributed by atoms with E-state index in [1.54, 1.807) is 0 Å². The van der Waals surface area contributed by atoms with Crippen molar-refractivity contribution < 1.29 is 0 Å². The highest BCUT2D eigenvalue weighted by Gasteiger charge is 2.33. The number of benzene rings is 8. The lowest BCUT2D eigenvalue weighted by atomic mass is 9.69. The minimum Gasteiger partial charge on any atom is -0.311 e. The first-order chi connectivity index (χ1) is 29.2. The van der Waals surface area contributed by atoms with Crippen molar-refractivity contribution in [1.29, 1.82) is 0 Å². The Balaban J connectivity index is 1.15. The van der Waals surface area contributed by atoms with E-state index >= 15 is 0 Å². The molecule has 0 aliphatic carbocycles. The van der Waals surface area contributed by atoms with Crippen LogP contribution < -0.4 is 9.80 Å². The molecule has 9 aromatic rings. The van der Waals surface area contributed by atoms with Gasteiger partial charge in [-0.1, -0.05) is 154 Å². The van der Waals surface area contributed by atoms with Crippen LogP contribution in [0.2, 0.25) is 0 Å². The second kappa shape index (κ2) is 16.9. The number of nitrogens with zero attached hydrogens (tertiary/aromatic N) is 3. The summed E-state index contributed by atoms with van der Waals surface area (Å²) in [6.07, 6.45) is 5.70. The van der Waals surface area contributed by atoms with E-state index in [0.717, 1.165) is 52.7 Å². The summed E-state index contributed by atoms with van der Waals surface area (Å²) in [5.74, 6) is 0. The Labute approximate surface area is 349 Å². The highest BCUT2D eigenvalue weighted by Crippen LogP contribution is 2.46. The summed E-state index contributed by atoms with van der Waals surface area (Å²) in [5, 5.41) is 2.48. The van der Waals surface area contributed by atoms with E-state index in [4.69, 9.17) is 0 Å². The van der Waals surface area contributed by atoms with Crippen LogP contribution in [-0.4, -0.2) is 4.57 Å². The number of anilines is 6. The van der Waals surface area contributed by atoms with Crippen molar-refractivity contribution in [3.63, 3.8) is 0 Å². The van der Waals surface area contributed by atoms with Crippen molar-refractivity contribution in [2.75, 3.05) is 9.80 Å². The van der Waals surface area contributed by atoms with Crippen LogP contribution in [-0.2, 0) is 5.41 Å². The van der Waals surface area contributed by atoms with Gasteiger partial charge in [-0.3, -0.25) is 0 Å². The molecule has 3 nitrogen and oxygen atoms in total. The summed E-state index contributed by atoms with van der Waals surface area (Å²) >= 11 is 0. The maximum Gasteiger partial charge on any atom is 0.0562 e. The molecule has 1 atom stereocenters. The topological polar surface area (TPSA) is 11.4 Å². The molecule has 9 rings (SSSR count).